The minimum atomic E-state index is -0.0114. The van der Waals surface area contributed by atoms with Crippen molar-refractivity contribution in [3.63, 3.8) is 0 Å². The molecule has 2 aromatic carbocycles. The van der Waals surface area contributed by atoms with Gasteiger partial charge in [-0.05, 0) is 55.2 Å². The molecule has 0 aliphatic rings. The fraction of sp³-hybridized carbons (Fsp3) is 0.360. The van der Waals surface area contributed by atoms with Crippen LogP contribution in [-0.2, 0) is 13.2 Å². The number of thiazole rings is 1. The van der Waals surface area contributed by atoms with Crippen molar-refractivity contribution in [1.29, 1.82) is 0 Å². The average Bonchev–Trinajstić information content (AvgIpc) is 3.23. The molecule has 3 rings (SSSR count). The van der Waals surface area contributed by atoms with E-state index in [9.17, 15) is 4.79 Å². The molecule has 0 aliphatic heterocycles. The summed E-state index contributed by atoms with van der Waals surface area (Å²) >= 11 is 7.54. The van der Waals surface area contributed by atoms with Crippen molar-refractivity contribution in [2.24, 2.45) is 0 Å². The highest BCUT2D eigenvalue weighted by Gasteiger charge is 2.22. The summed E-state index contributed by atoms with van der Waals surface area (Å²) in [5, 5.41) is 3.53. The molecule has 164 valence electrons. The maximum atomic E-state index is 13.1. The Labute approximate surface area is 193 Å². The Morgan fingerprint density at radius 2 is 1.84 bits per heavy atom. The fourth-order valence-electron chi connectivity index (χ4n) is 3.30. The molecule has 0 aliphatic carbocycles. The van der Waals surface area contributed by atoms with Crippen molar-refractivity contribution in [2.75, 3.05) is 0 Å². The van der Waals surface area contributed by atoms with E-state index in [4.69, 9.17) is 21.3 Å². The van der Waals surface area contributed by atoms with Gasteiger partial charge in [-0.25, -0.2) is 4.98 Å². The lowest BCUT2D eigenvalue weighted by Crippen LogP contribution is -2.37. The second-order valence-electron chi connectivity index (χ2n) is 7.91. The van der Waals surface area contributed by atoms with Gasteiger partial charge in [0.25, 0.3) is 5.91 Å². The number of carbonyl (C=O) groups is 1. The molecule has 0 bridgehead atoms. The Morgan fingerprint density at radius 1 is 1.13 bits per heavy atom. The molecule has 0 radical (unpaired) electrons. The van der Waals surface area contributed by atoms with Gasteiger partial charge in [-0.15, -0.1) is 11.3 Å². The van der Waals surface area contributed by atoms with Crippen LogP contribution in [0.4, 0.5) is 0 Å². The highest BCUT2D eigenvalue weighted by atomic mass is 35.5. The number of halogens is 1. The summed E-state index contributed by atoms with van der Waals surface area (Å²) in [7, 11) is 0. The van der Waals surface area contributed by atoms with Gasteiger partial charge in [-0.2, -0.15) is 0 Å². The molecule has 0 fully saturated rings. The monoisotopic (exact) mass is 456 g/mol. The van der Waals surface area contributed by atoms with Crippen molar-refractivity contribution in [1.82, 2.24) is 9.88 Å². The number of benzene rings is 2. The molecule has 4 nitrogen and oxygen atoms in total. The molecule has 31 heavy (non-hydrogen) atoms. The second-order valence-corrected chi connectivity index (χ2v) is 9.29. The van der Waals surface area contributed by atoms with Crippen LogP contribution >= 0.6 is 22.9 Å². The number of carbonyl (C=O) groups excluding carboxylic acids is 1. The van der Waals surface area contributed by atoms with Crippen LogP contribution in [-0.4, -0.2) is 21.8 Å². The summed E-state index contributed by atoms with van der Waals surface area (Å²) in [5.74, 6) is 1.28. The molecule has 1 atom stereocenters. The van der Waals surface area contributed by atoms with Crippen molar-refractivity contribution < 1.29 is 9.53 Å². The first-order valence-corrected chi connectivity index (χ1v) is 11.9. The van der Waals surface area contributed by atoms with E-state index in [1.54, 1.807) is 35.6 Å². The Kier molecular flexibility index (Phi) is 8.10. The van der Waals surface area contributed by atoms with Crippen LogP contribution in [0.25, 0.3) is 0 Å². The molecule has 0 saturated heterocycles. The summed E-state index contributed by atoms with van der Waals surface area (Å²) in [6.45, 7) is 9.35. The van der Waals surface area contributed by atoms with Crippen LogP contribution in [0.1, 0.15) is 66.7 Å². The zero-order valence-electron chi connectivity index (χ0n) is 18.5. The summed E-state index contributed by atoms with van der Waals surface area (Å²) in [5.41, 5.74) is 2.70. The lowest BCUT2D eigenvalue weighted by atomic mass is 10.0. The molecular weight excluding hydrogens is 428 g/mol. The molecule has 1 unspecified atom stereocenters. The quantitative estimate of drug-likeness (QED) is 0.350. The van der Waals surface area contributed by atoms with Crippen LogP contribution < -0.4 is 4.74 Å². The minimum absolute atomic E-state index is 0.0114. The van der Waals surface area contributed by atoms with E-state index in [2.05, 4.69) is 33.8 Å². The Balaban J connectivity index is 1.70. The topological polar surface area (TPSA) is 42.4 Å². The number of para-hydroxylation sites is 1. The highest BCUT2D eigenvalue weighted by molar-refractivity contribution is 7.09. The summed E-state index contributed by atoms with van der Waals surface area (Å²) < 4.78 is 6.05. The third-order valence-corrected chi connectivity index (χ3v) is 6.42. The van der Waals surface area contributed by atoms with E-state index in [0.29, 0.717) is 29.7 Å². The van der Waals surface area contributed by atoms with Crippen molar-refractivity contribution in [2.45, 2.75) is 59.2 Å². The van der Waals surface area contributed by atoms with Crippen molar-refractivity contribution in [3.8, 4) is 5.75 Å². The van der Waals surface area contributed by atoms with Crippen molar-refractivity contribution >= 4 is 28.8 Å². The summed E-state index contributed by atoms with van der Waals surface area (Å²) in [6, 6.07) is 15.2. The number of rotatable bonds is 9. The average molecular weight is 457 g/mol. The van der Waals surface area contributed by atoms with Gasteiger partial charge in [0.15, 0.2) is 0 Å². The van der Waals surface area contributed by atoms with E-state index >= 15 is 0 Å². The number of amides is 1. The number of hydrogen-bond acceptors (Lipinski definition) is 4. The zero-order valence-corrected chi connectivity index (χ0v) is 20.0. The molecular formula is C25H29ClN2O2S. The third kappa shape index (κ3) is 6.08. The summed E-state index contributed by atoms with van der Waals surface area (Å²) in [6.07, 6.45) is 0.866. The fourth-order valence-corrected chi connectivity index (χ4v) is 4.12. The van der Waals surface area contributed by atoms with E-state index in [1.807, 2.05) is 28.5 Å². The third-order valence-electron chi connectivity index (χ3n) is 5.30. The van der Waals surface area contributed by atoms with Gasteiger partial charge >= 0.3 is 0 Å². The van der Waals surface area contributed by atoms with Crippen LogP contribution in [0.2, 0.25) is 5.02 Å². The lowest BCUT2D eigenvalue weighted by molar-refractivity contribution is 0.0669. The van der Waals surface area contributed by atoms with Gasteiger partial charge in [0.1, 0.15) is 17.4 Å². The molecule has 0 saturated carbocycles. The van der Waals surface area contributed by atoms with Crippen LogP contribution in [0.5, 0.6) is 5.75 Å². The van der Waals surface area contributed by atoms with Gasteiger partial charge in [0.05, 0.1) is 12.2 Å². The van der Waals surface area contributed by atoms with Crippen LogP contribution in [0, 0.1) is 0 Å². The molecule has 1 aromatic heterocycles. The highest BCUT2D eigenvalue weighted by Crippen LogP contribution is 2.27. The van der Waals surface area contributed by atoms with Gasteiger partial charge in [0.2, 0.25) is 0 Å². The number of aromatic nitrogens is 1. The first kappa shape index (κ1) is 23.3. The van der Waals surface area contributed by atoms with Gasteiger partial charge in [0, 0.05) is 22.0 Å². The first-order valence-electron chi connectivity index (χ1n) is 10.6. The Hall–Kier alpha value is -2.37. The molecule has 6 heteroatoms. The molecule has 1 amide bonds. The Bertz CT molecular complexity index is 1000. The predicted octanol–water partition coefficient (Wildman–Crippen LogP) is 6.94. The second kappa shape index (κ2) is 10.8. The molecule has 1 heterocycles. The van der Waals surface area contributed by atoms with E-state index < -0.39 is 0 Å². The summed E-state index contributed by atoms with van der Waals surface area (Å²) in [4.78, 5) is 19.7. The minimum Gasteiger partial charge on any atom is -0.486 e. The van der Waals surface area contributed by atoms with Gasteiger partial charge in [-0.1, -0.05) is 50.6 Å². The lowest BCUT2D eigenvalue weighted by Gasteiger charge is -2.28. The van der Waals surface area contributed by atoms with Gasteiger partial charge < -0.3 is 9.64 Å². The van der Waals surface area contributed by atoms with Crippen LogP contribution in [0.15, 0.2) is 53.9 Å². The zero-order chi connectivity index (χ0) is 22.4. The van der Waals surface area contributed by atoms with Crippen LogP contribution in [0.3, 0.4) is 0 Å². The number of hydrogen-bond donors (Lipinski definition) is 0. The largest absolute Gasteiger partial charge is 0.486 e. The van der Waals surface area contributed by atoms with E-state index in [-0.39, 0.29) is 11.9 Å². The maximum Gasteiger partial charge on any atom is 0.254 e. The number of nitrogens with zero attached hydrogens (tertiary/aromatic N) is 2. The first-order chi connectivity index (χ1) is 14.9. The standard InChI is InChI=1S/C25H29ClN2O2S/c1-5-18(4)28(25(29)19-10-12-20(26)13-11-19)14-21-16-31-24(27-21)15-30-23-9-7-6-8-22(23)17(2)3/h6-13,16-18H,5,14-15H2,1-4H3. The Morgan fingerprint density at radius 3 is 2.52 bits per heavy atom. The van der Waals surface area contributed by atoms with Gasteiger partial charge in [-0.3, -0.25) is 4.79 Å². The predicted molar refractivity (Wildman–Crippen MR) is 128 cm³/mol. The smallest absolute Gasteiger partial charge is 0.254 e. The molecule has 0 spiro atoms. The molecule has 3 aromatic rings. The van der Waals surface area contributed by atoms with E-state index in [1.165, 1.54) is 5.56 Å². The van der Waals surface area contributed by atoms with Crippen molar-refractivity contribution in [3.05, 3.63) is 80.8 Å². The molecule has 0 N–H and O–H groups in total. The van der Waals surface area contributed by atoms with E-state index in [0.717, 1.165) is 22.9 Å². The normalized spacial score (nSPS) is 12.1. The number of ether oxygens (including phenoxy) is 1. The maximum absolute atomic E-state index is 13.1. The SMILES string of the molecule is CCC(C)N(Cc1csc(COc2ccccc2C(C)C)n1)C(=O)c1ccc(Cl)cc1.